The smallest absolute Gasteiger partial charge is 0.339 e. The van der Waals surface area contributed by atoms with E-state index in [1.807, 2.05) is 0 Å². The second-order valence-corrected chi connectivity index (χ2v) is 8.58. The van der Waals surface area contributed by atoms with Gasteiger partial charge in [-0.2, -0.15) is 0 Å². The Morgan fingerprint density at radius 3 is 2.25 bits per heavy atom. The molecule has 3 aromatic rings. The van der Waals surface area contributed by atoms with Gasteiger partial charge < -0.3 is 14.8 Å². The van der Waals surface area contributed by atoms with E-state index in [1.54, 1.807) is 24.3 Å². The molecule has 10 heteroatoms. The summed E-state index contributed by atoms with van der Waals surface area (Å²) in [4.78, 5) is 24.4. The van der Waals surface area contributed by atoms with Crippen molar-refractivity contribution in [3.05, 3.63) is 82.9 Å². The Balaban J connectivity index is 1.92. The van der Waals surface area contributed by atoms with Crippen molar-refractivity contribution in [1.82, 2.24) is 0 Å². The van der Waals surface area contributed by atoms with Gasteiger partial charge >= 0.3 is 5.97 Å². The molecule has 0 radical (unpaired) electrons. The minimum absolute atomic E-state index is 0.0573. The van der Waals surface area contributed by atoms with E-state index in [2.05, 4.69) is 10.0 Å². The highest BCUT2D eigenvalue weighted by atomic mass is 35.5. The number of rotatable bonds is 7. The molecule has 0 unspecified atom stereocenters. The summed E-state index contributed by atoms with van der Waals surface area (Å²) in [6, 6.07) is 16.2. The van der Waals surface area contributed by atoms with Crippen molar-refractivity contribution in [2.45, 2.75) is 4.90 Å². The molecular weight excluding hydrogens is 456 g/mol. The van der Waals surface area contributed by atoms with Crippen molar-refractivity contribution < 1.29 is 27.5 Å². The summed E-state index contributed by atoms with van der Waals surface area (Å²) in [7, 11) is -1.52. The molecular formula is C22H19ClN2O6S. The second kappa shape index (κ2) is 9.71. The Bertz CT molecular complexity index is 1260. The predicted molar refractivity (Wildman–Crippen MR) is 121 cm³/mol. The van der Waals surface area contributed by atoms with Crippen molar-refractivity contribution in [3.63, 3.8) is 0 Å². The Morgan fingerprint density at radius 2 is 1.59 bits per heavy atom. The zero-order valence-corrected chi connectivity index (χ0v) is 18.7. The summed E-state index contributed by atoms with van der Waals surface area (Å²) in [5.74, 6) is -0.895. The van der Waals surface area contributed by atoms with Crippen LogP contribution in [0.4, 0.5) is 11.4 Å². The topological polar surface area (TPSA) is 111 Å². The average Bonchev–Trinajstić information content (AvgIpc) is 2.79. The number of carbonyl (C=O) groups is 2. The molecule has 0 saturated heterocycles. The van der Waals surface area contributed by atoms with Gasteiger partial charge in [-0.05, 0) is 54.6 Å². The van der Waals surface area contributed by atoms with Crippen LogP contribution in [0.25, 0.3) is 0 Å². The minimum Gasteiger partial charge on any atom is -0.495 e. The number of amides is 1. The summed E-state index contributed by atoms with van der Waals surface area (Å²) >= 11 is 5.85. The summed E-state index contributed by atoms with van der Waals surface area (Å²) in [5, 5.41) is 3.12. The predicted octanol–water partition coefficient (Wildman–Crippen LogP) is 4.19. The normalized spacial score (nSPS) is 10.8. The highest BCUT2D eigenvalue weighted by Crippen LogP contribution is 2.29. The lowest BCUT2D eigenvalue weighted by Gasteiger charge is -2.14. The van der Waals surface area contributed by atoms with Crippen molar-refractivity contribution in [2.24, 2.45) is 0 Å². The average molecular weight is 475 g/mol. The molecule has 0 fully saturated rings. The maximum Gasteiger partial charge on any atom is 0.339 e. The van der Waals surface area contributed by atoms with Gasteiger partial charge in [0, 0.05) is 10.6 Å². The third-order valence-electron chi connectivity index (χ3n) is 4.41. The lowest BCUT2D eigenvalue weighted by atomic mass is 10.2. The van der Waals surface area contributed by atoms with E-state index in [0.717, 1.165) is 0 Å². The molecule has 0 bridgehead atoms. The second-order valence-electron chi connectivity index (χ2n) is 6.47. The van der Waals surface area contributed by atoms with Gasteiger partial charge in [0.15, 0.2) is 0 Å². The molecule has 8 nitrogen and oxygen atoms in total. The van der Waals surface area contributed by atoms with Crippen LogP contribution in [0.1, 0.15) is 20.7 Å². The zero-order valence-electron chi connectivity index (χ0n) is 17.1. The van der Waals surface area contributed by atoms with Gasteiger partial charge in [0.2, 0.25) is 0 Å². The fourth-order valence-electron chi connectivity index (χ4n) is 2.81. The van der Waals surface area contributed by atoms with E-state index in [0.29, 0.717) is 10.6 Å². The molecule has 32 heavy (non-hydrogen) atoms. The van der Waals surface area contributed by atoms with Crippen molar-refractivity contribution >= 4 is 44.9 Å². The van der Waals surface area contributed by atoms with E-state index in [4.69, 9.17) is 21.1 Å². The van der Waals surface area contributed by atoms with Gasteiger partial charge in [-0.25, -0.2) is 13.2 Å². The SMILES string of the molecule is COC(=O)c1ccccc1NS(=O)(=O)c1ccc(OC)c(NC(=O)c2ccc(Cl)cc2)c1. The first kappa shape index (κ1) is 23.1. The molecule has 1 amide bonds. The molecule has 3 rings (SSSR count). The zero-order chi connectivity index (χ0) is 23.3. The van der Waals surface area contributed by atoms with Gasteiger partial charge in [-0.1, -0.05) is 23.7 Å². The third kappa shape index (κ3) is 5.19. The van der Waals surface area contributed by atoms with E-state index >= 15 is 0 Å². The Morgan fingerprint density at radius 1 is 0.906 bits per heavy atom. The molecule has 0 spiro atoms. The molecule has 0 aliphatic rings. The number of halogens is 1. The van der Waals surface area contributed by atoms with Crippen LogP contribution in [0.5, 0.6) is 5.75 Å². The molecule has 2 N–H and O–H groups in total. The molecule has 0 saturated carbocycles. The highest BCUT2D eigenvalue weighted by Gasteiger charge is 2.21. The van der Waals surface area contributed by atoms with Gasteiger partial charge in [-0.3, -0.25) is 9.52 Å². The number of hydrogen-bond acceptors (Lipinski definition) is 6. The van der Waals surface area contributed by atoms with Crippen LogP contribution in [-0.2, 0) is 14.8 Å². The van der Waals surface area contributed by atoms with Gasteiger partial charge in [0.05, 0.1) is 36.1 Å². The van der Waals surface area contributed by atoms with Crippen LogP contribution in [0.2, 0.25) is 5.02 Å². The first-order valence-electron chi connectivity index (χ1n) is 9.20. The van der Waals surface area contributed by atoms with Crippen molar-refractivity contribution in [1.29, 1.82) is 0 Å². The number of esters is 1. The molecule has 0 atom stereocenters. The lowest BCUT2D eigenvalue weighted by Crippen LogP contribution is -2.17. The Kier molecular flexibility index (Phi) is 7.01. The van der Waals surface area contributed by atoms with Crippen molar-refractivity contribution in [3.8, 4) is 5.75 Å². The van der Waals surface area contributed by atoms with Gasteiger partial charge in [-0.15, -0.1) is 0 Å². The number of nitrogens with one attached hydrogen (secondary N) is 2. The number of methoxy groups -OCH3 is 2. The lowest BCUT2D eigenvalue weighted by molar-refractivity contribution is 0.0602. The molecule has 0 heterocycles. The first-order valence-corrected chi connectivity index (χ1v) is 11.1. The maximum absolute atomic E-state index is 13.0. The monoisotopic (exact) mass is 474 g/mol. The molecule has 0 aliphatic heterocycles. The Labute approximate surface area is 190 Å². The van der Waals surface area contributed by atoms with E-state index in [9.17, 15) is 18.0 Å². The van der Waals surface area contributed by atoms with Gasteiger partial charge in [0.25, 0.3) is 15.9 Å². The van der Waals surface area contributed by atoms with E-state index < -0.39 is 21.9 Å². The fraction of sp³-hybridized carbons (Fsp3) is 0.0909. The van der Waals surface area contributed by atoms with Crippen molar-refractivity contribution in [2.75, 3.05) is 24.3 Å². The third-order valence-corrected chi connectivity index (χ3v) is 6.03. The number of anilines is 2. The number of ether oxygens (including phenoxy) is 2. The summed E-state index contributed by atoms with van der Waals surface area (Å²) in [6.45, 7) is 0. The summed E-state index contributed by atoms with van der Waals surface area (Å²) in [5.41, 5.74) is 0.594. The summed E-state index contributed by atoms with van der Waals surface area (Å²) in [6.07, 6.45) is 0. The van der Waals surface area contributed by atoms with Crippen LogP contribution in [0, 0.1) is 0 Å². The first-order chi connectivity index (χ1) is 15.2. The number of carbonyl (C=O) groups excluding carboxylic acids is 2. The van der Waals surface area contributed by atoms with E-state index in [-0.39, 0.29) is 27.6 Å². The summed E-state index contributed by atoms with van der Waals surface area (Å²) < 4.78 is 38.3. The van der Waals surface area contributed by atoms with Crippen LogP contribution >= 0.6 is 11.6 Å². The van der Waals surface area contributed by atoms with Crippen LogP contribution in [0.15, 0.2) is 71.6 Å². The van der Waals surface area contributed by atoms with Gasteiger partial charge in [0.1, 0.15) is 5.75 Å². The molecule has 3 aromatic carbocycles. The van der Waals surface area contributed by atoms with E-state index in [1.165, 1.54) is 56.7 Å². The molecule has 0 aromatic heterocycles. The standard InChI is InChI=1S/C22H19ClN2O6S/c1-30-20-12-11-16(13-19(20)24-21(26)14-7-9-15(23)10-8-14)32(28,29)25-18-6-4-3-5-17(18)22(27)31-2/h3-13,25H,1-2H3,(H,24,26). The van der Waals surface area contributed by atoms with Crippen LogP contribution in [0.3, 0.4) is 0 Å². The maximum atomic E-state index is 13.0. The molecule has 0 aliphatic carbocycles. The highest BCUT2D eigenvalue weighted by molar-refractivity contribution is 7.92. The minimum atomic E-state index is -4.11. The number of benzene rings is 3. The fourth-order valence-corrected chi connectivity index (χ4v) is 4.04. The van der Waals surface area contributed by atoms with Crippen LogP contribution < -0.4 is 14.8 Å². The quantitative estimate of drug-likeness (QED) is 0.497. The number of para-hydroxylation sites is 1. The number of sulfonamides is 1. The van der Waals surface area contributed by atoms with Crippen LogP contribution in [-0.4, -0.2) is 34.5 Å². The Hall–Kier alpha value is -3.56. The molecule has 166 valence electrons. The number of hydrogen-bond donors (Lipinski definition) is 2. The largest absolute Gasteiger partial charge is 0.495 e.